The van der Waals surface area contributed by atoms with Crippen LogP contribution in [0.3, 0.4) is 0 Å². The molecule has 2 rings (SSSR count). The average molecular weight is 321 g/mol. The van der Waals surface area contributed by atoms with E-state index >= 15 is 0 Å². The van der Waals surface area contributed by atoms with Gasteiger partial charge >= 0.3 is 5.97 Å². The van der Waals surface area contributed by atoms with Crippen molar-refractivity contribution in [2.24, 2.45) is 0 Å². The van der Waals surface area contributed by atoms with Crippen molar-refractivity contribution in [2.75, 3.05) is 7.11 Å². The van der Waals surface area contributed by atoms with Gasteiger partial charge in [-0.15, -0.1) is 0 Å². The molecule has 0 saturated carbocycles. The highest BCUT2D eigenvalue weighted by Gasteiger charge is 2.12. The SMILES string of the molecule is COc1cc(C=O)cc(Cl)c1OCc1ccc(C(=O)O)cc1. The number of carbonyl (C=O) groups is 2. The molecule has 0 bridgehead atoms. The minimum absolute atomic E-state index is 0.191. The Morgan fingerprint density at radius 2 is 1.95 bits per heavy atom. The Labute approximate surface area is 132 Å². The highest BCUT2D eigenvalue weighted by Crippen LogP contribution is 2.36. The Balaban J connectivity index is 2.17. The predicted molar refractivity (Wildman–Crippen MR) is 81.1 cm³/mol. The third kappa shape index (κ3) is 3.56. The molecule has 0 saturated heterocycles. The normalized spacial score (nSPS) is 10.1. The number of methoxy groups -OCH3 is 1. The summed E-state index contributed by atoms with van der Waals surface area (Å²) in [5, 5.41) is 9.11. The molecule has 0 unspecified atom stereocenters. The third-order valence-corrected chi connectivity index (χ3v) is 3.25. The fourth-order valence-corrected chi connectivity index (χ4v) is 2.12. The Kier molecular flexibility index (Phi) is 5.01. The Hall–Kier alpha value is -2.53. The predicted octanol–water partition coefficient (Wildman–Crippen LogP) is 3.44. The van der Waals surface area contributed by atoms with Crippen LogP contribution in [0.15, 0.2) is 36.4 Å². The van der Waals surface area contributed by atoms with Gasteiger partial charge in [-0.3, -0.25) is 4.79 Å². The quantitative estimate of drug-likeness (QED) is 0.825. The first-order valence-corrected chi connectivity index (χ1v) is 6.70. The molecular weight excluding hydrogens is 308 g/mol. The Morgan fingerprint density at radius 1 is 1.27 bits per heavy atom. The molecule has 5 nitrogen and oxygen atoms in total. The van der Waals surface area contributed by atoms with E-state index in [4.69, 9.17) is 26.2 Å². The van der Waals surface area contributed by atoms with Crippen LogP contribution in [0.4, 0.5) is 0 Å². The van der Waals surface area contributed by atoms with Gasteiger partial charge in [0.05, 0.1) is 17.7 Å². The summed E-state index contributed by atoms with van der Waals surface area (Å²) in [6, 6.07) is 9.32. The van der Waals surface area contributed by atoms with E-state index in [-0.39, 0.29) is 17.2 Å². The largest absolute Gasteiger partial charge is 0.493 e. The number of carbonyl (C=O) groups excluding carboxylic acids is 1. The molecule has 0 aliphatic rings. The molecule has 22 heavy (non-hydrogen) atoms. The number of halogens is 1. The molecule has 0 aromatic heterocycles. The third-order valence-electron chi connectivity index (χ3n) is 2.97. The zero-order chi connectivity index (χ0) is 16.1. The van der Waals surface area contributed by atoms with E-state index in [0.29, 0.717) is 23.3 Å². The molecule has 0 heterocycles. The molecule has 0 atom stereocenters. The van der Waals surface area contributed by atoms with Crippen molar-refractivity contribution in [3.8, 4) is 11.5 Å². The summed E-state index contributed by atoms with van der Waals surface area (Å²) in [6.45, 7) is 0.191. The number of rotatable bonds is 6. The number of benzene rings is 2. The van der Waals surface area contributed by atoms with Crippen molar-refractivity contribution in [1.82, 2.24) is 0 Å². The maximum Gasteiger partial charge on any atom is 0.335 e. The fraction of sp³-hybridized carbons (Fsp3) is 0.125. The van der Waals surface area contributed by atoms with Gasteiger partial charge in [0.1, 0.15) is 12.9 Å². The van der Waals surface area contributed by atoms with Crippen LogP contribution in [0, 0.1) is 0 Å². The summed E-state index contributed by atoms with van der Waals surface area (Å²) >= 11 is 6.08. The van der Waals surface area contributed by atoms with Crippen LogP contribution in [0.1, 0.15) is 26.3 Å². The minimum Gasteiger partial charge on any atom is -0.493 e. The van der Waals surface area contributed by atoms with E-state index in [2.05, 4.69) is 0 Å². The average Bonchev–Trinajstić information content (AvgIpc) is 2.53. The maximum absolute atomic E-state index is 10.8. The molecular formula is C16H13ClO5. The van der Waals surface area contributed by atoms with Crippen LogP contribution >= 0.6 is 11.6 Å². The highest BCUT2D eigenvalue weighted by molar-refractivity contribution is 6.32. The van der Waals surface area contributed by atoms with E-state index in [1.165, 1.54) is 31.4 Å². The molecule has 114 valence electrons. The van der Waals surface area contributed by atoms with Gasteiger partial charge in [0, 0.05) is 5.56 Å². The molecule has 0 spiro atoms. The van der Waals surface area contributed by atoms with Crippen molar-refractivity contribution < 1.29 is 24.2 Å². The maximum atomic E-state index is 10.8. The first-order valence-electron chi connectivity index (χ1n) is 6.33. The minimum atomic E-state index is -0.985. The molecule has 6 heteroatoms. The standard InChI is InChI=1S/C16H13ClO5/c1-21-14-7-11(8-18)6-13(17)15(14)22-9-10-2-4-12(5-3-10)16(19)20/h2-8H,9H2,1H3,(H,19,20). The lowest BCUT2D eigenvalue weighted by Gasteiger charge is -2.13. The Bertz CT molecular complexity index is 694. The number of hydrogen-bond donors (Lipinski definition) is 1. The molecule has 2 aromatic rings. The van der Waals surface area contributed by atoms with Gasteiger partial charge in [-0.05, 0) is 29.8 Å². The highest BCUT2D eigenvalue weighted by atomic mass is 35.5. The summed E-state index contributed by atoms with van der Waals surface area (Å²) in [4.78, 5) is 21.6. The van der Waals surface area contributed by atoms with Crippen LogP contribution in [-0.2, 0) is 6.61 Å². The van der Waals surface area contributed by atoms with E-state index in [1.54, 1.807) is 12.1 Å². The topological polar surface area (TPSA) is 72.8 Å². The van der Waals surface area contributed by atoms with E-state index < -0.39 is 5.97 Å². The van der Waals surface area contributed by atoms with E-state index in [1.807, 2.05) is 0 Å². The molecule has 0 aliphatic carbocycles. The molecule has 1 N–H and O–H groups in total. The first-order chi connectivity index (χ1) is 10.5. The smallest absolute Gasteiger partial charge is 0.335 e. The number of hydrogen-bond acceptors (Lipinski definition) is 4. The lowest BCUT2D eigenvalue weighted by atomic mass is 10.1. The number of carboxylic acids is 1. The zero-order valence-electron chi connectivity index (χ0n) is 11.7. The molecule has 0 radical (unpaired) electrons. The fourth-order valence-electron chi connectivity index (χ4n) is 1.85. The molecule has 0 aliphatic heterocycles. The summed E-state index contributed by atoms with van der Waals surface area (Å²) in [5.41, 5.74) is 1.37. The number of carboxylic acid groups (broad SMARTS) is 1. The lowest BCUT2D eigenvalue weighted by Crippen LogP contribution is -2.01. The van der Waals surface area contributed by atoms with Gasteiger partial charge in [-0.2, -0.15) is 0 Å². The molecule has 0 fully saturated rings. The van der Waals surface area contributed by atoms with Crippen LogP contribution in [-0.4, -0.2) is 24.5 Å². The molecule has 0 amide bonds. The summed E-state index contributed by atoms with van der Waals surface area (Å²) in [6.07, 6.45) is 0.669. The van der Waals surface area contributed by atoms with Crippen LogP contribution in [0.5, 0.6) is 11.5 Å². The van der Waals surface area contributed by atoms with Gasteiger partial charge in [-0.1, -0.05) is 23.7 Å². The van der Waals surface area contributed by atoms with Crippen LogP contribution in [0.2, 0.25) is 5.02 Å². The van der Waals surface area contributed by atoms with Gasteiger partial charge in [0.15, 0.2) is 11.5 Å². The van der Waals surface area contributed by atoms with Crippen molar-refractivity contribution in [3.05, 3.63) is 58.1 Å². The lowest BCUT2D eigenvalue weighted by molar-refractivity contribution is 0.0696. The monoisotopic (exact) mass is 320 g/mol. The summed E-state index contributed by atoms with van der Waals surface area (Å²) < 4.78 is 10.8. The van der Waals surface area contributed by atoms with Crippen molar-refractivity contribution in [3.63, 3.8) is 0 Å². The van der Waals surface area contributed by atoms with Gasteiger partial charge in [0.25, 0.3) is 0 Å². The van der Waals surface area contributed by atoms with Crippen molar-refractivity contribution in [2.45, 2.75) is 6.61 Å². The van der Waals surface area contributed by atoms with Crippen molar-refractivity contribution in [1.29, 1.82) is 0 Å². The van der Waals surface area contributed by atoms with E-state index in [0.717, 1.165) is 5.56 Å². The Morgan fingerprint density at radius 3 is 2.50 bits per heavy atom. The first kappa shape index (κ1) is 15.9. The molecule has 2 aromatic carbocycles. The number of ether oxygens (including phenoxy) is 2. The number of aromatic carboxylic acids is 1. The van der Waals surface area contributed by atoms with Gasteiger partial charge < -0.3 is 14.6 Å². The second-order valence-electron chi connectivity index (χ2n) is 4.44. The summed E-state index contributed by atoms with van der Waals surface area (Å²) in [7, 11) is 1.45. The summed E-state index contributed by atoms with van der Waals surface area (Å²) in [5.74, 6) is -0.296. The number of aldehydes is 1. The van der Waals surface area contributed by atoms with Crippen LogP contribution in [0.25, 0.3) is 0 Å². The van der Waals surface area contributed by atoms with Gasteiger partial charge in [-0.25, -0.2) is 4.79 Å². The van der Waals surface area contributed by atoms with Crippen LogP contribution < -0.4 is 9.47 Å². The van der Waals surface area contributed by atoms with Gasteiger partial charge in [0.2, 0.25) is 0 Å². The zero-order valence-corrected chi connectivity index (χ0v) is 12.5. The van der Waals surface area contributed by atoms with E-state index in [9.17, 15) is 9.59 Å². The second kappa shape index (κ2) is 6.95. The van der Waals surface area contributed by atoms with Crippen molar-refractivity contribution >= 4 is 23.9 Å². The second-order valence-corrected chi connectivity index (χ2v) is 4.85.